The van der Waals surface area contributed by atoms with Crippen LogP contribution >= 0.6 is 0 Å². The first kappa shape index (κ1) is 32.2. The predicted octanol–water partition coefficient (Wildman–Crippen LogP) is 4.39. The fourth-order valence-electron chi connectivity index (χ4n) is 7.21. The van der Waals surface area contributed by atoms with Crippen LogP contribution in [0.4, 0.5) is 4.79 Å². The molecule has 0 aromatic heterocycles. The molecule has 2 aromatic rings. The number of hydrogen-bond acceptors (Lipinski definition) is 6. The molecule has 44 heavy (non-hydrogen) atoms. The van der Waals surface area contributed by atoms with Crippen LogP contribution in [0.15, 0.2) is 59.5 Å². The Morgan fingerprint density at radius 3 is 2.16 bits per heavy atom. The Morgan fingerprint density at radius 2 is 1.59 bits per heavy atom. The minimum Gasteiger partial charge on any atom is -0.342 e. The molecular weight excluding hydrogens is 576 g/mol. The lowest BCUT2D eigenvalue weighted by atomic mass is 9.84. The van der Waals surface area contributed by atoms with Gasteiger partial charge >= 0.3 is 6.03 Å². The Morgan fingerprint density at radius 1 is 0.955 bits per heavy atom. The molecule has 1 spiro atoms. The molecule has 0 radical (unpaired) electrons. The highest BCUT2D eigenvalue weighted by Crippen LogP contribution is 2.40. The lowest BCUT2D eigenvalue weighted by molar-refractivity contribution is -0.136. The van der Waals surface area contributed by atoms with Gasteiger partial charge in [0.1, 0.15) is 5.54 Å². The Kier molecular flexibility index (Phi) is 8.97. The average molecular weight is 623 g/mol. The molecular formula is C34H46N4O5S. The highest BCUT2D eigenvalue weighted by atomic mass is 32.2. The van der Waals surface area contributed by atoms with E-state index < -0.39 is 15.4 Å². The number of rotatable bonds is 8. The van der Waals surface area contributed by atoms with Crippen LogP contribution in [-0.4, -0.2) is 96.9 Å². The van der Waals surface area contributed by atoms with Gasteiger partial charge in [0.15, 0.2) is 9.84 Å². The first-order valence-corrected chi connectivity index (χ1v) is 17.6. The van der Waals surface area contributed by atoms with Crippen LogP contribution in [0.1, 0.15) is 64.0 Å². The standard InChI is InChI=1S/C34H46N4O5S/c1-6-38-32(41)37(21-25-12-14-28(15-13-25)44(5,42)43)31(40)34(38)16-18-35(19-17-34)22-27-23-36(30(39)20-33(2,3)4)24-29(27)26-10-8-7-9-11-26/h7-15,27,29H,6,16-24H2,1-5H3. The minimum atomic E-state index is -3.33. The summed E-state index contributed by atoms with van der Waals surface area (Å²) in [4.78, 5) is 48.3. The molecule has 3 aliphatic rings. The summed E-state index contributed by atoms with van der Waals surface area (Å²) in [5.74, 6) is 0.573. The fraction of sp³-hybridized carbons (Fsp3) is 0.559. The van der Waals surface area contributed by atoms with Crippen LogP contribution in [0.5, 0.6) is 0 Å². The van der Waals surface area contributed by atoms with Crippen molar-refractivity contribution >= 4 is 27.7 Å². The van der Waals surface area contributed by atoms with Gasteiger partial charge in [-0.25, -0.2) is 13.2 Å². The van der Waals surface area contributed by atoms with Gasteiger partial charge < -0.3 is 14.7 Å². The molecule has 9 nitrogen and oxygen atoms in total. The summed E-state index contributed by atoms with van der Waals surface area (Å²) in [6.07, 6.45) is 2.80. The molecule has 3 aliphatic heterocycles. The Balaban J connectivity index is 1.27. The van der Waals surface area contributed by atoms with E-state index in [0.29, 0.717) is 44.5 Å². The smallest absolute Gasteiger partial charge is 0.327 e. The van der Waals surface area contributed by atoms with E-state index in [1.54, 1.807) is 17.0 Å². The van der Waals surface area contributed by atoms with Crippen molar-refractivity contribution in [2.75, 3.05) is 45.5 Å². The predicted molar refractivity (Wildman–Crippen MR) is 170 cm³/mol. The zero-order valence-electron chi connectivity index (χ0n) is 26.7. The molecule has 238 valence electrons. The molecule has 4 amide bonds. The molecule has 2 atom stereocenters. The van der Waals surface area contributed by atoms with E-state index in [1.165, 1.54) is 22.6 Å². The highest BCUT2D eigenvalue weighted by molar-refractivity contribution is 7.90. The van der Waals surface area contributed by atoms with Crippen molar-refractivity contribution in [1.29, 1.82) is 0 Å². The van der Waals surface area contributed by atoms with E-state index >= 15 is 0 Å². The summed E-state index contributed by atoms with van der Waals surface area (Å²) < 4.78 is 23.7. The fourth-order valence-corrected chi connectivity index (χ4v) is 7.84. The van der Waals surface area contributed by atoms with Crippen molar-refractivity contribution in [1.82, 2.24) is 19.6 Å². The van der Waals surface area contributed by atoms with Gasteiger partial charge in [0, 0.05) is 57.9 Å². The summed E-state index contributed by atoms with van der Waals surface area (Å²) in [7, 11) is -3.33. The third-order valence-electron chi connectivity index (χ3n) is 9.51. The van der Waals surface area contributed by atoms with Crippen molar-refractivity contribution in [2.24, 2.45) is 11.3 Å². The quantitative estimate of drug-likeness (QED) is 0.405. The zero-order valence-corrected chi connectivity index (χ0v) is 27.5. The number of carbonyl (C=O) groups is 3. The maximum Gasteiger partial charge on any atom is 0.327 e. The maximum absolute atomic E-state index is 13.9. The third kappa shape index (κ3) is 6.56. The van der Waals surface area contributed by atoms with E-state index in [4.69, 9.17) is 0 Å². The number of urea groups is 1. The van der Waals surface area contributed by atoms with Crippen LogP contribution in [0.2, 0.25) is 0 Å². The average Bonchev–Trinajstić information content (AvgIpc) is 3.47. The van der Waals surface area contributed by atoms with Crippen molar-refractivity contribution in [3.8, 4) is 0 Å². The Hall–Kier alpha value is -3.24. The van der Waals surface area contributed by atoms with E-state index in [9.17, 15) is 22.8 Å². The van der Waals surface area contributed by atoms with Crippen molar-refractivity contribution < 1.29 is 22.8 Å². The number of amides is 4. The number of benzene rings is 2. The van der Waals surface area contributed by atoms with Crippen LogP contribution in [-0.2, 0) is 26.0 Å². The Bertz CT molecular complexity index is 1480. The van der Waals surface area contributed by atoms with Gasteiger partial charge in [0.05, 0.1) is 11.4 Å². The minimum absolute atomic E-state index is 0.0670. The molecule has 10 heteroatoms. The summed E-state index contributed by atoms with van der Waals surface area (Å²) in [5.41, 5.74) is 1.04. The molecule has 2 aromatic carbocycles. The number of hydrogen-bond donors (Lipinski definition) is 0. The van der Waals surface area contributed by atoms with Crippen molar-refractivity contribution in [2.45, 2.75) is 69.9 Å². The molecule has 3 saturated heterocycles. The second-order valence-corrected chi connectivity index (χ2v) is 16.0. The van der Waals surface area contributed by atoms with Gasteiger partial charge in [-0.2, -0.15) is 0 Å². The van der Waals surface area contributed by atoms with E-state index in [0.717, 1.165) is 25.9 Å². The van der Waals surface area contributed by atoms with Crippen LogP contribution in [0.3, 0.4) is 0 Å². The topological polar surface area (TPSA) is 98.3 Å². The van der Waals surface area contributed by atoms with E-state index in [2.05, 4.69) is 49.9 Å². The largest absolute Gasteiger partial charge is 0.342 e. The number of nitrogens with zero attached hydrogens (tertiary/aromatic N) is 4. The summed E-state index contributed by atoms with van der Waals surface area (Å²) in [5, 5.41) is 0. The van der Waals surface area contributed by atoms with Gasteiger partial charge in [-0.3, -0.25) is 14.5 Å². The second-order valence-electron chi connectivity index (χ2n) is 14.0. The first-order valence-electron chi connectivity index (χ1n) is 15.7. The molecule has 0 N–H and O–H groups in total. The molecule has 5 rings (SSSR count). The van der Waals surface area contributed by atoms with Gasteiger partial charge in [-0.05, 0) is 54.4 Å². The SMILES string of the molecule is CCN1C(=O)N(Cc2ccc(S(C)(=O)=O)cc2)C(=O)C12CCN(CC1CN(C(=O)CC(C)(C)C)CC1c1ccccc1)CC2. The van der Waals surface area contributed by atoms with Crippen LogP contribution in [0.25, 0.3) is 0 Å². The lowest BCUT2D eigenvalue weighted by Crippen LogP contribution is -2.57. The van der Waals surface area contributed by atoms with Crippen molar-refractivity contribution in [3.63, 3.8) is 0 Å². The number of likely N-dealkylation sites (tertiary alicyclic amines) is 2. The lowest BCUT2D eigenvalue weighted by Gasteiger charge is -2.42. The van der Waals surface area contributed by atoms with Crippen molar-refractivity contribution in [3.05, 3.63) is 65.7 Å². The van der Waals surface area contributed by atoms with Crippen LogP contribution < -0.4 is 0 Å². The summed E-state index contributed by atoms with van der Waals surface area (Å²) in [6, 6.07) is 16.5. The number of imide groups is 1. The first-order chi connectivity index (χ1) is 20.7. The number of likely N-dealkylation sites (N-methyl/N-ethyl adjacent to an activating group) is 1. The molecule has 0 saturated carbocycles. The van der Waals surface area contributed by atoms with Crippen LogP contribution in [0, 0.1) is 11.3 Å². The Labute approximate surface area is 262 Å². The molecule has 0 bridgehead atoms. The molecule has 3 fully saturated rings. The van der Waals surface area contributed by atoms with E-state index in [1.807, 2.05) is 17.9 Å². The van der Waals surface area contributed by atoms with Gasteiger partial charge in [0.2, 0.25) is 5.91 Å². The third-order valence-corrected chi connectivity index (χ3v) is 10.6. The second kappa shape index (κ2) is 12.3. The molecule has 0 aliphatic carbocycles. The monoisotopic (exact) mass is 622 g/mol. The van der Waals surface area contributed by atoms with Gasteiger partial charge in [0.25, 0.3) is 5.91 Å². The van der Waals surface area contributed by atoms with E-state index in [-0.39, 0.29) is 46.5 Å². The van der Waals surface area contributed by atoms with Gasteiger partial charge in [-0.15, -0.1) is 0 Å². The number of piperidine rings is 1. The molecule has 2 unspecified atom stereocenters. The normalized spacial score (nSPS) is 22.8. The summed E-state index contributed by atoms with van der Waals surface area (Å²) >= 11 is 0. The summed E-state index contributed by atoms with van der Waals surface area (Å²) in [6.45, 7) is 12.4. The maximum atomic E-state index is 13.9. The number of carbonyl (C=O) groups excluding carboxylic acids is 3. The number of sulfone groups is 1. The molecule has 3 heterocycles. The zero-order chi connectivity index (χ0) is 31.9. The highest BCUT2D eigenvalue weighted by Gasteiger charge is 2.57. The van der Waals surface area contributed by atoms with Gasteiger partial charge in [-0.1, -0.05) is 63.2 Å².